The minimum atomic E-state index is -3.90. The van der Waals surface area contributed by atoms with Crippen molar-refractivity contribution in [3.8, 4) is 0 Å². The normalized spacial score (nSPS) is 18.0. The van der Waals surface area contributed by atoms with Crippen molar-refractivity contribution >= 4 is 10.0 Å². The summed E-state index contributed by atoms with van der Waals surface area (Å²) in [5.74, 6) is -1.84. The Kier molecular flexibility index (Phi) is 5.26. The van der Waals surface area contributed by atoms with Crippen LogP contribution in [-0.2, 0) is 14.8 Å². The molecule has 0 atom stereocenters. The lowest BCUT2D eigenvalue weighted by atomic mass is 10.1. The van der Waals surface area contributed by atoms with Crippen LogP contribution in [0.15, 0.2) is 23.1 Å². The molecule has 0 unspecified atom stereocenters. The maximum Gasteiger partial charge on any atom is 0.243 e. The number of aliphatic hydroxyl groups is 1. The number of aliphatic hydroxyl groups excluding tert-OH is 1. The van der Waals surface area contributed by atoms with Gasteiger partial charge in [0.2, 0.25) is 10.0 Å². The summed E-state index contributed by atoms with van der Waals surface area (Å²) in [5, 5.41) is 8.68. The van der Waals surface area contributed by atoms with E-state index in [2.05, 4.69) is 0 Å². The molecule has 0 radical (unpaired) electrons. The van der Waals surface area contributed by atoms with E-state index in [1.54, 1.807) is 0 Å². The Morgan fingerprint density at radius 2 is 1.76 bits per heavy atom. The molecule has 8 heteroatoms. The summed E-state index contributed by atoms with van der Waals surface area (Å²) in [4.78, 5) is -0.380. The lowest BCUT2D eigenvalue weighted by molar-refractivity contribution is 0.00318. The van der Waals surface area contributed by atoms with Crippen molar-refractivity contribution in [2.45, 2.75) is 23.8 Å². The molecule has 1 saturated heterocycles. The van der Waals surface area contributed by atoms with E-state index in [9.17, 15) is 17.2 Å². The van der Waals surface area contributed by atoms with Crippen LogP contribution < -0.4 is 0 Å². The average Bonchev–Trinajstić information content (AvgIpc) is 2.44. The van der Waals surface area contributed by atoms with Crippen molar-refractivity contribution in [1.82, 2.24) is 4.31 Å². The van der Waals surface area contributed by atoms with Gasteiger partial charge < -0.3 is 9.84 Å². The highest BCUT2D eigenvalue weighted by Crippen LogP contribution is 2.23. The topological polar surface area (TPSA) is 66.8 Å². The fourth-order valence-electron chi connectivity index (χ4n) is 2.29. The van der Waals surface area contributed by atoms with Gasteiger partial charge in [0.15, 0.2) is 0 Å². The van der Waals surface area contributed by atoms with E-state index >= 15 is 0 Å². The van der Waals surface area contributed by atoms with Gasteiger partial charge in [0.25, 0.3) is 0 Å². The van der Waals surface area contributed by atoms with E-state index < -0.39 is 21.7 Å². The van der Waals surface area contributed by atoms with Crippen molar-refractivity contribution < 1.29 is 27.0 Å². The Hall–Kier alpha value is -1.09. The van der Waals surface area contributed by atoms with Crippen LogP contribution in [0.2, 0.25) is 0 Å². The molecule has 0 saturated carbocycles. The zero-order valence-electron chi connectivity index (χ0n) is 11.3. The molecule has 1 fully saturated rings. The highest BCUT2D eigenvalue weighted by atomic mass is 32.2. The van der Waals surface area contributed by atoms with E-state index in [0.29, 0.717) is 18.9 Å². The highest BCUT2D eigenvalue weighted by Gasteiger charge is 2.30. The zero-order valence-corrected chi connectivity index (χ0v) is 12.2. The fourth-order valence-corrected chi connectivity index (χ4v) is 3.80. The van der Waals surface area contributed by atoms with Crippen molar-refractivity contribution in [2.24, 2.45) is 0 Å². The van der Waals surface area contributed by atoms with Crippen LogP contribution in [0, 0.1) is 11.6 Å². The number of hydrogen-bond donors (Lipinski definition) is 1. The third-order valence-electron chi connectivity index (χ3n) is 3.32. The number of halogens is 2. The first-order chi connectivity index (χ1) is 9.93. The van der Waals surface area contributed by atoms with Gasteiger partial charge in [-0.3, -0.25) is 0 Å². The van der Waals surface area contributed by atoms with Gasteiger partial charge in [0, 0.05) is 19.2 Å². The molecule has 0 aliphatic carbocycles. The first-order valence-corrected chi connectivity index (χ1v) is 8.06. The van der Waals surface area contributed by atoms with Crippen LogP contribution in [0.5, 0.6) is 0 Å². The van der Waals surface area contributed by atoms with Gasteiger partial charge in [-0.1, -0.05) is 0 Å². The number of rotatable bonds is 5. The standard InChI is InChI=1S/C13H17F2NO4S/c14-10-7-11(15)9-13(8-10)21(18,19)16-3-1-12(2-4-16)20-6-5-17/h7-9,12,17H,1-6H2. The predicted molar refractivity (Wildman–Crippen MR) is 71.2 cm³/mol. The van der Waals surface area contributed by atoms with Crippen LogP contribution in [0.25, 0.3) is 0 Å². The van der Waals surface area contributed by atoms with Crippen molar-refractivity contribution in [3.05, 3.63) is 29.8 Å². The highest BCUT2D eigenvalue weighted by molar-refractivity contribution is 7.89. The van der Waals surface area contributed by atoms with Crippen LogP contribution in [0.1, 0.15) is 12.8 Å². The largest absolute Gasteiger partial charge is 0.394 e. The average molecular weight is 321 g/mol. The summed E-state index contributed by atoms with van der Waals surface area (Å²) < 4.78 is 57.5. The second-order valence-corrected chi connectivity index (χ2v) is 6.74. The monoisotopic (exact) mass is 321 g/mol. The summed E-state index contributed by atoms with van der Waals surface area (Å²) in [7, 11) is -3.90. The van der Waals surface area contributed by atoms with Crippen molar-refractivity contribution in [2.75, 3.05) is 26.3 Å². The Balaban J connectivity index is 2.07. The maximum atomic E-state index is 13.2. The Morgan fingerprint density at radius 3 is 2.29 bits per heavy atom. The molecule has 1 aliphatic heterocycles. The van der Waals surface area contributed by atoms with E-state index in [1.807, 2.05) is 0 Å². The van der Waals surface area contributed by atoms with E-state index in [0.717, 1.165) is 12.1 Å². The summed E-state index contributed by atoms with van der Waals surface area (Å²) in [6.45, 7) is 0.570. The van der Waals surface area contributed by atoms with Crippen LogP contribution in [0.3, 0.4) is 0 Å². The Bertz CT molecular complexity index is 566. The van der Waals surface area contributed by atoms with Crippen molar-refractivity contribution in [3.63, 3.8) is 0 Å². The maximum absolute atomic E-state index is 13.2. The molecule has 1 aromatic carbocycles. The van der Waals surface area contributed by atoms with Crippen molar-refractivity contribution in [1.29, 1.82) is 0 Å². The molecule has 1 N–H and O–H groups in total. The second kappa shape index (κ2) is 6.78. The predicted octanol–water partition coefficient (Wildman–Crippen LogP) is 1.13. The SMILES string of the molecule is O=S(=O)(c1cc(F)cc(F)c1)N1CCC(OCCO)CC1. The van der Waals surface area contributed by atoms with Gasteiger partial charge in [-0.25, -0.2) is 17.2 Å². The van der Waals surface area contributed by atoms with E-state index in [4.69, 9.17) is 9.84 Å². The van der Waals surface area contributed by atoms with E-state index in [1.165, 1.54) is 4.31 Å². The fraction of sp³-hybridized carbons (Fsp3) is 0.538. The first-order valence-electron chi connectivity index (χ1n) is 6.62. The number of piperidine rings is 1. The van der Waals surface area contributed by atoms with Gasteiger partial charge in [0.05, 0.1) is 24.2 Å². The number of benzene rings is 1. The van der Waals surface area contributed by atoms with Gasteiger partial charge in [0.1, 0.15) is 11.6 Å². The molecule has 0 aromatic heterocycles. The molecule has 1 aliphatic rings. The quantitative estimate of drug-likeness (QED) is 0.883. The molecule has 1 heterocycles. The molecule has 1 aromatic rings. The minimum absolute atomic E-state index is 0.0823. The summed E-state index contributed by atoms with van der Waals surface area (Å²) in [5.41, 5.74) is 0. The molecule has 0 amide bonds. The number of hydrogen-bond acceptors (Lipinski definition) is 4. The van der Waals surface area contributed by atoms with Crippen LogP contribution in [-0.4, -0.2) is 50.2 Å². The van der Waals surface area contributed by atoms with Gasteiger partial charge >= 0.3 is 0 Å². The number of sulfonamides is 1. The first kappa shape index (κ1) is 16.3. The van der Waals surface area contributed by atoms with Gasteiger partial charge in [-0.2, -0.15) is 4.31 Å². The smallest absolute Gasteiger partial charge is 0.243 e. The molecule has 2 rings (SSSR count). The third kappa shape index (κ3) is 3.97. The van der Waals surface area contributed by atoms with Gasteiger partial charge in [-0.15, -0.1) is 0 Å². The summed E-state index contributed by atoms with van der Waals surface area (Å²) >= 11 is 0. The molecule has 118 valence electrons. The molecule has 0 spiro atoms. The van der Waals surface area contributed by atoms with Crippen LogP contribution >= 0.6 is 0 Å². The zero-order chi connectivity index (χ0) is 15.5. The Labute approximate surface area is 122 Å². The molecular weight excluding hydrogens is 304 g/mol. The molecule has 21 heavy (non-hydrogen) atoms. The summed E-state index contributed by atoms with van der Waals surface area (Å²) in [6.07, 6.45) is 0.862. The summed E-state index contributed by atoms with van der Waals surface area (Å²) in [6, 6.07) is 2.26. The van der Waals surface area contributed by atoms with E-state index in [-0.39, 0.29) is 37.3 Å². The third-order valence-corrected chi connectivity index (χ3v) is 5.20. The lowest BCUT2D eigenvalue weighted by Crippen LogP contribution is -2.41. The number of ether oxygens (including phenoxy) is 1. The molecular formula is C13H17F2NO4S. The molecule has 0 bridgehead atoms. The minimum Gasteiger partial charge on any atom is -0.394 e. The molecule has 5 nitrogen and oxygen atoms in total. The second-order valence-electron chi connectivity index (χ2n) is 4.80. The number of nitrogens with zero attached hydrogens (tertiary/aromatic N) is 1. The Morgan fingerprint density at radius 1 is 1.19 bits per heavy atom. The van der Waals surface area contributed by atoms with Crippen LogP contribution in [0.4, 0.5) is 8.78 Å². The lowest BCUT2D eigenvalue weighted by Gasteiger charge is -2.31. The van der Waals surface area contributed by atoms with Gasteiger partial charge in [-0.05, 0) is 25.0 Å².